The number of fused-ring (bicyclic) bond motifs is 1. The number of amides is 1. The van der Waals surface area contributed by atoms with Gasteiger partial charge in [0.25, 0.3) is 5.91 Å². The molecule has 0 spiro atoms. The van der Waals surface area contributed by atoms with Crippen molar-refractivity contribution >= 4 is 11.6 Å². The van der Waals surface area contributed by atoms with Crippen molar-refractivity contribution in [3.05, 3.63) is 29.7 Å². The quantitative estimate of drug-likeness (QED) is 0.868. The Morgan fingerprint density at radius 1 is 1.52 bits per heavy atom. The van der Waals surface area contributed by atoms with Crippen molar-refractivity contribution in [2.24, 2.45) is 5.41 Å². The van der Waals surface area contributed by atoms with Gasteiger partial charge in [-0.2, -0.15) is 5.10 Å². The first-order valence-corrected chi connectivity index (χ1v) is 8.06. The lowest BCUT2D eigenvalue weighted by Crippen LogP contribution is -2.62. The van der Waals surface area contributed by atoms with Crippen LogP contribution in [0.3, 0.4) is 0 Å². The Balaban J connectivity index is 1.87. The van der Waals surface area contributed by atoms with Crippen LogP contribution in [0.25, 0.3) is 5.65 Å². The summed E-state index contributed by atoms with van der Waals surface area (Å²) < 4.78 is 7.43. The average molecular weight is 316 g/mol. The summed E-state index contributed by atoms with van der Waals surface area (Å²) in [4.78, 5) is 19.2. The molecule has 0 aliphatic heterocycles. The molecule has 0 N–H and O–H groups in total. The van der Waals surface area contributed by atoms with Gasteiger partial charge in [0, 0.05) is 37.5 Å². The smallest absolute Gasteiger partial charge is 0.259 e. The van der Waals surface area contributed by atoms with Gasteiger partial charge in [0.1, 0.15) is 5.56 Å². The summed E-state index contributed by atoms with van der Waals surface area (Å²) in [6, 6.07) is 1.96. The van der Waals surface area contributed by atoms with Crippen LogP contribution in [0, 0.1) is 12.3 Å². The van der Waals surface area contributed by atoms with Crippen LogP contribution >= 0.6 is 0 Å². The predicted octanol–water partition coefficient (Wildman–Crippen LogP) is 2.31. The minimum absolute atomic E-state index is 0.0239. The van der Waals surface area contributed by atoms with Gasteiger partial charge in [0.05, 0.1) is 11.8 Å². The van der Waals surface area contributed by atoms with Crippen LogP contribution in [0.1, 0.15) is 43.2 Å². The van der Waals surface area contributed by atoms with Crippen LogP contribution in [0.2, 0.25) is 0 Å². The molecule has 2 aromatic heterocycles. The van der Waals surface area contributed by atoms with Crippen molar-refractivity contribution in [3.63, 3.8) is 0 Å². The second-order valence-electron chi connectivity index (χ2n) is 6.78. The molecule has 1 aliphatic rings. The maximum absolute atomic E-state index is 13.0. The molecule has 1 aliphatic carbocycles. The standard InChI is InChI=1S/C17H24N4O2/c1-6-23-13-10-12(17(13,3)4)20(5)16(22)14-11(2)19-21-9-7-8-18-15(14)21/h7-9,12-13H,6,10H2,1-5H3/t12-,13+/m0/s1. The van der Waals surface area contributed by atoms with Crippen molar-refractivity contribution in [3.8, 4) is 0 Å². The van der Waals surface area contributed by atoms with Crippen LogP contribution in [0.15, 0.2) is 18.5 Å². The van der Waals surface area contributed by atoms with Gasteiger partial charge in [-0.3, -0.25) is 4.79 Å². The van der Waals surface area contributed by atoms with Gasteiger partial charge in [-0.15, -0.1) is 0 Å². The first kappa shape index (κ1) is 15.9. The van der Waals surface area contributed by atoms with E-state index in [0.717, 1.165) is 6.42 Å². The number of hydrogen-bond donors (Lipinski definition) is 0. The number of aryl methyl sites for hydroxylation is 1. The molecule has 1 saturated carbocycles. The zero-order valence-electron chi connectivity index (χ0n) is 14.4. The molecule has 124 valence electrons. The van der Waals surface area contributed by atoms with E-state index in [9.17, 15) is 4.79 Å². The molecule has 3 rings (SSSR count). The molecular weight excluding hydrogens is 292 g/mol. The normalized spacial score (nSPS) is 22.8. The average Bonchev–Trinajstić information content (AvgIpc) is 2.85. The fraction of sp³-hybridized carbons (Fsp3) is 0.588. The van der Waals surface area contributed by atoms with Crippen LogP contribution in [0.5, 0.6) is 0 Å². The molecule has 6 heteroatoms. The lowest BCUT2D eigenvalue weighted by molar-refractivity contribution is -0.136. The van der Waals surface area contributed by atoms with E-state index in [1.807, 2.05) is 32.0 Å². The summed E-state index contributed by atoms with van der Waals surface area (Å²) in [5.41, 5.74) is 1.85. The summed E-state index contributed by atoms with van der Waals surface area (Å²) in [5, 5.41) is 4.38. The van der Waals surface area contributed by atoms with E-state index in [1.165, 1.54) is 0 Å². The first-order chi connectivity index (χ1) is 10.9. The minimum atomic E-state index is -0.0509. The summed E-state index contributed by atoms with van der Waals surface area (Å²) in [6.07, 6.45) is 4.57. The Morgan fingerprint density at radius 2 is 2.26 bits per heavy atom. The molecule has 6 nitrogen and oxygen atoms in total. The monoisotopic (exact) mass is 316 g/mol. The molecule has 2 atom stereocenters. The molecule has 1 fully saturated rings. The molecule has 0 bridgehead atoms. The number of aromatic nitrogens is 3. The Hall–Kier alpha value is -1.95. The summed E-state index contributed by atoms with van der Waals surface area (Å²) >= 11 is 0. The molecule has 0 saturated heterocycles. The van der Waals surface area contributed by atoms with Gasteiger partial charge in [-0.05, 0) is 26.3 Å². The molecule has 0 unspecified atom stereocenters. The van der Waals surface area contributed by atoms with Crippen molar-refractivity contribution in [1.29, 1.82) is 0 Å². The Kier molecular flexibility index (Phi) is 3.88. The van der Waals surface area contributed by atoms with E-state index in [2.05, 4.69) is 23.9 Å². The number of carbonyl (C=O) groups is 1. The Labute approximate surface area is 136 Å². The Morgan fingerprint density at radius 3 is 2.91 bits per heavy atom. The highest BCUT2D eigenvalue weighted by Gasteiger charge is 2.52. The van der Waals surface area contributed by atoms with E-state index < -0.39 is 0 Å². The lowest BCUT2D eigenvalue weighted by Gasteiger charge is -2.54. The lowest BCUT2D eigenvalue weighted by atomic mass is 9.63. The fourth-order valence-corrected chi connectivity index (χ4v) is 3.57. The SMILES string of the molecule is CCO[C@@H]1C[C@H](N(C)C(=O)c2c(C)nn3cccnc23)C1(C)C. The summed E-state index contributed by atoms with van der Waals surface area (Å²) in [7, 11) is 1.86. The second kappa shape index (κ2) is 5.60. The van der Waals surface area contributed by atoms with Crippen LogP contribution in [-0.2, 0) is 4.74 Å². The molecule has 0 radical (unpaired) electrons. The molecule has 2 aromatic rings. The van der Waals surface area contributed by atoms with Gasteiger partial charge in [-0.25, -0.2) is 9.50 Å². The number of carbonyl (C=O) groups excluding carboxylic acids is 1. The minimum Gasteiger partial charge on any atom is -0.378 e. The van der Waals surface area contributed by atoms with Gasteiger partial charge in [-0.1, -0.05) is 13.8 Å². The zero-order chi connectivity index (χ0) is 16.8. The van der Waals surface area contributed by atoms with E-state index >= 15 is 0 Å². The highest BCUT2D eigenvalue weighted by atomic mass is 16.5. The maximum Gasteiger partial charge on any atom is 0.259 e. The van der Waals surface area contributed by atoms with Crippen molar-refractivity contribution in [1.82, 2.24) is 19.5 Å². The predicted molar refractivity (Wildman–Crippen MR) is 87.4 cm³/mol. The van der Waals surface area contributed by atoms with Crippen molar-refractivity contribution < 1.29 is 9.53 Å². The van der Waals surface area contributed by atoms with Crippen molar-refractivity contribution in [2.75, 3.05) is 13.7 Å². The third kappa shape index (κ3) is 2.41. The van der Waals surface area contributed by atoms with E-state index in [4.69, 9.17) is 4.74 Å². The third-order valence-electron chi connectivity index (χ3n) is 5.07. The molecule has 1 amide bonds. The largest absolute Gasteiger partial charge is 0.378 e. The topological polar surface area (TPSA) is 59.7 Å². The van der Waals surface area contributed by atoms with E-state index in [1.54, 1.807) is 16.8 Å². The van der Waals surface area contributed by atoms with Crippen LogP contribution < -0.4 is 0 Å². The first-order valence-electron chi connectivity index (χ1n) is 8.06. The number of rotatable bonds is 4. The molecular formula is C17H24N4O2. The fourth-order valence-electron chi connectivity index (χ4n) is 3.57. The van der Waals surface area contributed by atoms with Gasteiger partial charge in [0.2, 0.25) is 0 Å². The van der Waals surface area contributed by atoms with E-state index in [0.29, 0.717) is 23.5 Å². The third-order valence-corrected chi connectivity index (χ3v) is 5.07. The van der Waals surface area contributed by atoms with Gasteiger partial charge < -0.3 is 9.64 Å². The number of nitrogens with zero attached hydrogens (tertiary/aromatic N) is 4. The number of hydrogen-bond acceptors (Lipinski definition) is 4. The van der Waals surface area contributed by atoms with Gasteiger partial charge >= 0.3 is 0 Å². The van der Waals surface area contributed by atoms with Crippen LogP contribution in [-0.4, -0.2) is 51.2 Å². The second-order valence-corrected chi connectivity index (χ2v) is 6.78. The molecule has 23 heavy (non-hydrogen) atoms. The van der Waals surface area contributed by atoms with E-state index in [-0.39, 0.29) is 23.5 Å². The molecule has 0 aromatic carbocycles. The highest BCUT2D eigenvalue weighted by Crippen LogP contribution is 2.45. The van der Waals surface area contributed by atoms with Gasteiger partial charge in [0.15, 0.2) is 5.65 Å². The van der Waals surface area contributed by atoms with Crippen molar-refractivity contribution in [2.45, 2.75) is 46.3 Å². The zero-order valence-corrected chi connectivity index (χ0v) is 14.4. The molecule has 2 heterocycles. The maximum atomic E-state index is 13.0. The Bertz CT molecular complexity index is 737. The summed E-state index contributed by atoms with van der Waals surface area (Å²) in [5.74, 6) is -0.0239. The highest BCUT2D eigenvalue weighted by molar-refractivity contribution is 6.01. The summed E-state index contributed by atoms with van der Waals surface area (Å²) in [6.45, 7) is 8.88. The van der Waals surface area contributed by atoms with Crippen LogP contribution in [0.4, 0.5) is 0 Å². The number of ether oxygens (including phenoxy) is 1.